The first-order valence-corrected chi connectivity index (χ1v) is 4.37. The van der Waals surface area contributed by atoms with Crippen molar-refractivity contribution in [2.75, 3.05) is 13.2 Å². The quantitative estimate of drug-likeness (QED) is 0.480. The van der Waals surface area contributed by atoms with Gasteiger partial charge in [0.2, 0.25) is 5.91 Å². The molecule has 14 heavy (non-hydrogen) atoms. The zero-order chi connectivity index (χ0) is 11.1. The molecule has 0 rings (SSSR count). The van der Waals surface area contributed by atoms with Gasteiger partial charge in [-0.25, -0.2) is 4.79 Å². The standard InChI is InChI=1S/C8H16N2O4/c1-5(2)6(10-8(13)14)7(12)9-3-4-11/h5-6,10-11H,3-4H2,1-2H3,(H,9,12)(H,13,14). The second kappa shape index (κ2) is 6.20. The lowest BCUT2D eigenvalue weighted by molar-refractivity contribution is -0.124. The maximum absolute atomic E-state index is 11.3. The number of nitrogens with one attached hydrogen (secondary N) is 2. The summed E-state index contributed by atoms with van der Waals surface area (Å²) in [4.78, 5) is 21.7. The van der Waals surface area contributed by atoms with Gasteiger partial charge < -0.3 is 20.8 Å². The van der Waals surface area contributed by atoms with Crippen molar-refractivity contribution in [2.45, 2.75) is 19.9 Å². The van der Waals surface area contributed by atoms with Crippen LogP contribution in [0.4, 0.5) is 4.79 Å². The summed E-state index contributed by atoms with van der Waals surface area (Å²) in [5.74, 6) is -0.554. The lowest BCUT2D eigenvalue weighted by atomic mass is 10.0. The van der Waals surface area contributed by atoms with E-state index < -0.39 is 18.0 Å². The number of carbonyl (C=O) groups is 2. The summed E-state index contributed by atoms with van der Waals surface area (Å²) in [5.41, 5.74) is 0. The van der Waals surface area contributed by atoms with E-state index in [0.717, 1.165) is 0 Å². The summed E-state index contributed by atoms with van der Waals surface area (Å²) >= 11 is 0. The smallest absolute Gasteiger partial charge is 0.405 e. The van der Waals surface area contributed by atoms with E-state index in [1.807, 2.05) is 0 Å². The van der Waals surface area contributed by atoms with Crippen LogP contribution < -0.4 is 10.6 Å². The fourth-order valence-electron chi connectivity index (χ4n) is 0.957. The third kappa shape index (κ3) is 4.66. The minimum atomic E-state index is -1.23. The van der Waals surface area contributed by atoms with E-state index >= 15 is 0 Å². The minimum Gasteiger partial charge on any atom is -0.465 e. The Morgan fingerprint density at radius 2 is 1.93 bits per heavy atom. The van der Waals surface area contributed by atoms with Crippen molar-refractivity contribution in [3.05, 3.63) is 0 Å². The fourth-order valence-corrected chi connectivity index (χ4v) is 0.957. The van der Waals surface area contributed by atoms with Gasteiger partial charge in [0, 0.05) is 6.54 Å². The Labute approximate surface area is 82.3 Å². The molecule has 1 unspecified atom stereocenters. The molecule has 1 atom stereocenters. The van der Waals surface area contributed by atoms with Crippen LogP contribution in [0.5, 0.6) is 0 Å². The van der Waals surface area contributed by atoms with Crippen molar-refractivity contribution in [2.24, 2.45) is 5.92 Å². The van der Waals surface area contributed by atoms with Crippen molar-refractivity contribution in [3.8, 4) is 0 Å². The number of amides is 2. The summed E-state index contributed by atoms with van der Waals surface area (Å²) in [6.07, 6.45) is -1.23. The molecule has 0 aliphatic rings. The second-order valence-corrected chi connectivity index (χ2v) is 3.19. The average Bonchev–Trinajstić information content (AvgIpc) is 2.09. The maximum atomic E-state index is 11.3. The van der Waals surface area contributed by atoms with Crippen LogP contribution in [-0.4, -0.2) is 41.4 Å². The fraction of sp³-hybridized carbons (Fsp3) is 0.750. The normalized spacial score (nSPS) is 12.3. The van der Waals surface area contributed by atoms with Crippen LogP contribution in [-0.2, 0) is 4.79 Å². The van der Waals surface area contributed by atoms with Crippen LogP contribution in [0, 0.1) is 5.92 Å². The first-order chi connectivity index (χ1) is 6.49. The van der Waals surface area contributed by atoms with E-state index in [-0.39, 0.29) is 19.1 Å². The number of hydrogen-bond acceptors (Lipinski definition) is 3. The number of aliphatic hydroxyl groups excluding tert-OH is 1. The number of rotatable bonds is 5. The van der Waals surface area contributed by atoms with Gasteiger partial charge in [0.25, 0.3) is 0 Å². The molecule has 6 heteroatoms. The molecule has 2 amide bonds. The molecule has 0 bridgehead atoms. The molecule has 4 N–H and O–H groups in total. The van der Waals surface area contributed by atoms with Crippen molar-refractivity contribution in [3.63, 3.8) is 0 Å². The number of aliphatic hydroxyl groups is 1. The second-order valence-electron chi connectivity index (χ2n) is 3.19. The van der Waals surface area contributed by atoms with Crippen molar-refractivity contribution < 1.29 is 19.8 Å². The van der Waals surface area contributed by atoms with Crippen LogP contribution in [0.1, 0.15) is 13.8 Å². The largest absolute Gasteiger partial charge is 0.465 e. The molecule has 0 aromatic rings. The first kappa shape index (κ1) is 12.7. The number of hydrogen-bond donors (Lipinski definition) is 4. The third-order valence-electron chi connectivity index (χ3n) is 1.64. The van der Waals surface area contributed by atoms with Crippen LogP contribution in [0.3, 0.4) is 0 Å². The van der Waals surface area contributed by atoms with E-state index in [4.69, 9.17) is 10.2 Å². The topological polar surface area (TPSA) is 98.7 Å². The SMILES string of the molecule is CC(C)C(NC(=O)O)C(=O)NCCO. The molecule has 0 saturated carbocycles. The Kier molecular flexibility index (Phi) is 5.62. The van der Waals surface area contributed by atoms with Crippen LogP contribution in [0.2, 0.25) is 0 Å². The Balaban J connectivity index is 4.19. The number of carboxylic acid groups (broad SMARTS) is 1. The summed E-state index contributed by atoms with van der Waals surface area (Å²) in [6, 6.07) is -0.779. The summed E-state index contributed by atoms with van der Waals surface area (Å²) in [7, 11) is 0. The highest BCUT2D eigenvalue weighted by molar-refractivity contribution is 5.85. The summed E-state index contributed by atoms with van der Waals surface area (Å²) in [5, 5.41) is 21.4. The minimum absolute atomic E-state index is 0.128. The Bertz CT molecular complexity index is 206. The molecular weight excluding hydrogens is 188 g/mol. The molecule has 0 spiro atoms. The monoisotopic (exact) mass is 204 g/mol. The van der Waals surface area contributed by atoms with Gasteiger partial charge in [0.15, 0.2) is 0 Å². The van der Waals surface area contributed by atoms with Crippen molar-refractivity contribution >= 4 is 12.0 Å². The van der Waals surface area contributed by atoms with E-state index in [9.17, 15) is 9.59 Å². The molecule has 6 nitrogen and oxygen atoms in total. The van der Waals surface area contributed by atoms with Gasteiger partial charge in [-0.3, -0.25) is 4.79 Å². The summed E-state index contributed by atoms with van der Waals surface area (Å²) in [6.45, 7) is 3.44. The average molecular weight is 204 g/mol. The Morgan fingerprint density at radius 1 is 1.36 bits per heavy atom. The van der Waals surface area contributed by atoms with Gasteiger partial charge in [-0.1, -0.05) is 13.8 Å². The highest BCUT2D eigenvalue weighted by Crippen LogP contribution is 2.01. The van der Waals surface area contributed by atoms with Gasteiger partial charge in [0.1, 0.15) is 6.04 Å². The molecule has 0 radical (unpaired) electrons. The van der Waals surface area contributed by atoms with Crippen molar-refractivity contribution in [1.29, 1.82) is 0 Å². The van der Waals surface area contributed by atoms with Gasteiger partial charge in [0.05, 0.1) is 6.61 Å². The van der Waals surface area contributed by atoms with Gasteiger partial charge in [-0.15, -0.1) is 0 Å². The predicted molar refractivity (Wildman–Crippen MR) is 49.9 cm³/mol. The van der Waals surface area contributed by atoms with E-state index in [0.29, 0.717) is 0 Å². The highest BCUT2D eigenvalue weighted by atomic mass is 16.4. The number of carbonyl (C=O) groups excluding carboxylic acids is 1. The molecule has 0 aliphatic heterocycles. The van der Waals surface area contributed by atoms with Gasteiger partial charge in [-0.2, -0.15) is 0 Å². The highest BCUT2D eigenvalue weighted by Gasteiger charge is 2.23. The molecule has 82 valence electrons. The van der Waals surface area contributed by atoms with E-state index in [1.54, 1.807) is 13.8 Å². The predicted octanol–water partition coefficient (Wildman–Crippen LogP) is -0.613. The zero-order valence-electron chi connectivity index (χ0n) is 8.28. The molecule has 0 aliphatic carbocycles. The van der Waals surface area contributed by atoms with E-state index in [1.165, 1.54) is 0 Å². The Hall–Kier alpha value is -1.30. The lowest BCUT2D eigenvalue weighted by Gasteiger charge is -2.19. The van der Waals surface area contributed by atoms with Crippen molar-refractivity contribution in [1.82, 2.24) is 10.6 Å². The molecule has 0 aromatic heterocycles. The lowest BCUT2D eigenvalue weighted by Crippen LogP contribution is -2.49. The van der Waals surface area contributed by atoms with Crippen LogP contribution in [0.25, 0.3) is 0 Å². The third-order valence-corrected chi connectivity index (χ3v) is 1.64. The molecule has 0 fully saturated rings. The molecular formula is C8H16N2O4. The molecule has 0 aromatic carbocycles. The zero-order valence-corrected chi connectivity index (χ0v) is 8.28. The van der Waals surface area contributed by atoms with Crippen LogP contribution in [0.15, 0.2) is 0 Å². The van der Waals surface area contributed by atoms with Gasteiger partial charge >= 0.3 is 6.09 Å². The van der Waals surface area contributed by atoms with Crippen LogP contribution >= 0.6 is 0 Å². The van der Waals surface area contributed by atoms with Gasteiger partial charge in [-0.05, 0) is 5.92 Å². The van der Waals surface area contributed by atoms with E-state index in [2.05, 4.69) is 10.6 Å². The summed E-state index contributed by atoms with van der Waals surface area (Å²) < 4.78 is 0. The maximum Gasteiger partial charge on any atom is 0.405 e. The Morgan fingerprint density at radius 3 is 2.29 bits per heavy atom. The first-order valence-electron chi connectivity index (χ1n) is 4.37. The molecule has 0 heterocycles. The molecule has 0 saturated heterocycles.